The molecule has 0 spiro atoms. The summed E-state index contributed by atoms with van der Waals surface area (Å²) in [5.74, 6) is -0.227. The van der Waals surface area contributed by atoms with Gasteiger partial charge in [0.2, 0.25) is 0 Å². The van der Waals surface area contributed by atoms with E-state index in [1.54, 1.807) is 48.6 Å². The number of aryl methyl sites for hydroxylation is 2. The summed E-state index contributed by atoms with van der Waals surface area (Å²) in [6.45, 7) is 8.94. The standard InChI is InChI=1S/C27H26ClFO4S/c1-5-7-20-10-15-25(29)26(24-14-11-21(28)16-19(24)4)27(20)33-22(6-2)17-32-34(30,31)23-12-8-18(3)9-13-23/h5-16,22H,2,17H2,1,3-4H3/t22-/m0/s1. The van der Waals surface area contributed by atoms with Gasteiger partial charge < -0.3 is 4.74 Å². The first-order valence-corrected chi connectivity index (χ1v) is 12.4. The number of halogens is 2. The predicted octanol–water partition coefficient (Wildman–Crippen LogP) is 7.13. The lowest BCUT2D eigenvalue weighted by Crippen LogP contribution is -2.23. The molecule has 0 aromatic heterocycles. The van der Waals surface area contributed by atoms with E-state index in [0.717, 1.165) is 11.1 Å². The Kier molecular flexibility index (Phi) is 8.31. The van der Waals surface area contributed by atoms with Gasteiger partial charge in [-0.1, -0.05) is 54.1 Å². The fourth-order valence-electron chi connectivity index (χ4n) is 3.40. The Morgan fingerprint density at radius 3 is 2.41 bits per heavy atom. The maximum atomic E-state index is 15.1. The molecule has 0 aliphatic carbocycles. The Hall–Kier alpha value is -2.93. The molecular formula is C27H26ClFO4S. The van der Waals surface area contributed by atoms with Crippen molar-refractivity contribution in [1.29, 1.82) is 0 Å². The van der Waals surface area contributed by atoms with Crippen molar-refractivity contribution in [2.75, 3.05) is 6.61 Å². The highest BCUT2D eigenvalue weighted by molar-refractivity contribution is 7.86. The smallest absolute Gasteiger partial charge is 0.297 e. The maximum absolute atomic E-state index is 15.1. The van der Waals surface area contributed by atoms with Gasteiger partial charge in [0.1, 0.15) is 24.3 Å². The fourth-order valence-corrected chi connectivity index (χ4v) is 4.55. The van der Waals surface area contributed by atoms with E-state index in [-0.39, 0.29) is 22.8 Å². The van der Waals surface area contributed by atoms with E-state index in [9.17, 15) is 8.42 Å². The Labute approximate surface area is 205 Å². The van der Waals surface area contributed by atoms with E-state index in [0.29, 0.717) is 16.1 Å². The van der Waals surface area contributed by atoms with Gasteiger partial charge in [-0.3, -0.25) is 4.18 Å². The molecule has 4 nitrogen and oxygen atoms in total. The van der Waals surface area contributed by atoms with Crippen LogP contribution in [0, 0.1) is 19.7 Å². The zero-order valence-corrected chi connectivity index (χ0v) is 20.8. The second kappa shape index (κ2) is 11.0. The van der Waals surface area contributed by atoms with Gasteiger partial charge in [0.05, 0.1) is 10.5 Å². The van der Waals surface area contributed by atoms with Crippen LogP contribution in [0.4, 0.5) is 4.39 Å². The Bertz CT molecular complexity index is 1320. The molecule has 0 aliphatic rings. The summed E-state index contributed by atoms with van der Waals surface area (Å²) in [5.41, 5.74) is 3.18. The molecule has 0 N–H and O–H groups in total. The monoisotopic (exact) mass is 500 g/mol. The fraction of sp³-hybridized carbons (Fsp3) is 0.185. The first-order chi connectivity index (χ1) is 16.2. The van der Waals surface area contributed by atoms with Crippen molar-refractivity contribution in [2.45, 2.75) is 31.8 Å². The molecule has 1 atom stereocenters. The summed E-state index contributed by atoms with van der Waals surface area (Å²) < 4.78 is 51.7. The van der Waals surface area contributed by atoms with Gasteiger partial charge in [0.15, 0.2) is 0 Å². The van der Waals surface area contributed by atoms with Gasteiger partial charge in [0.25, 0.3) is 10.1 Å². The number of rotatable bonds is 9. The summed E-state index contributed by atoms with van der Waals surface area (Å²) in [4.78, 5) is 0.0405. The van der Waals surface area contributed by atoms with Crippen molar-refractivity contribution < 1.29 is 21.7 Å². The molecule has 3 aromatic rings. The summed E-state index contributed by atoms with van der Waals surface area (Å²) in [6, 6.07) is 14.4. The summed E-state index contributed by atoms with van der Waals surface area (Å²) in [5, 5.41) is 0.535. The van der Waals surface area contributed by atoms with Gasteiger partial charge in [-0.15, -0.1) is 0 Å². The van der Waals surface area contributed by atoms with Crippen LogP contribution in [0.1, 0.15) is 23.6 Å². The van der Waals surface area contributed by atoms with E-state index < -0.39 is 22.0 Å². The molecule has 0 saturated heterocycles. The molecule has 178 valence electrons. The van der Waals surface area contributed by atoms with Gasteiger partial charge in [0, 0.05) is 10.6 Å². The minimum Gasteiger partial charge on any atom is -0.483 e. The van der Waals surface area contributed by atoms with E-state index in [1.807, 2.05) is 20.8 Å². The van der Waals surface area contributed by atoms with Crippen molar-refractivity contribution >= 4 is 27.8 Å². The van der Waals surface area contributed by atoms with E-state index in [1.165, 1.54) is 24.3 Å². The summed E-state index contributed by atoms with van der Waals surface area (Å²) in [7, 11) is -4.01. The highest BCUT2D eigenvalue weighted by Gasteiger charge is 2.22. The van der Waals surface area contributed by atoms with Crippen molar-refractivity contribution in [2.24, 2.45) is 0 Å². The first kappa shape index (κ1) is 25.7. The molecule has 0 bridgehead atoms. The zero-order valence-electron chi connectivity index (χ0n) is 19.2. The highest BCUT2D eigenvalue weighted by Crippen LogP contribution is 2.39. The molecule has 34 heavy (non-hydrogen) atoms. The van der Waals surface area contributed by atoms with Gasteiger partial charge >= 0.3 is 0 Å². The SMILES string of the molecule is C=C[C@@H](COS(=O)(=O)c1ccc(C)cc1)Oc1c(C=CC)ccc(F)c1-c1ccc(Cl)cc1C. The average Bonchev–Trinajstić information content (AvgIpc) is 2.79. The molecule has 0 aliphatic heterocycles. The molecule has 7 heteroatoms. The maximum Gasteiger partial charge on any atom is 0.297 e. The molecule has 3 aromatic carbocycles. The molecule has 3 rings (SSSR count). The quantitative estimate of drug-likeness (QED) is 0.231. The Balaban J connectivity index is 1.96. The number of ether oxygens (including phenoxy) is 1. The zero-order chi connectivity index (χ0) is 24.9. The van der Waals surface area contributed by atoms with Crippen molar-refractivity contribution in [3.8, 4) is 16.9 Å². The second-order valence-electron chi connectivity index (χ2n) is 7.74. The average molecular weight is 501 g/mol. The normalized spacial score (nSPS) is 12.6. The lowest BCUT2D eigenvalue weighted by Gasteiger charge is -2.21. The molecule has 0 unspecified atom stereocenters. The third-order valence-corrected chi connectivity index (χ3v) is 6.70. The minimum absolute atomic E-state index is 0.0405. The molecule has 0 amide bonds. The van der Waals surface area contributed by atoms with Crippen LogP contribution in [-0.2, 0) is 14.3 Å². The van der Waals surface area contributed by atoms with Crippen LogP contribution < -0.4 is 4.74 Å². The summed E-state index contributed by atoms with van der Waals surface area (Å²) >= 11 is 6.09. The van der Waals surface area contributed by atoms with Crippen LogP contribution in [0.25, 0.3) is 17.2 Å². The molecule has 0 fully saturated rings. The topological polar surface area (TPSA) is 52.6 Å². The number of hydrogen-bond acceptors (Lipinski definition) is 4. The molecule has 0 radical (unpaired) electrons. The van der Waals surface area contributed by atoms with E-state index in [2.05, 4.69) is 6.58 Å². The lowest BCUT2D eigenvalue weighted by molar-refractivity contribution is 0.168. The van der Waals surface area contributed by atoms with Crippen LogP contribution in [0.3, 0.4) is 0 Å². The van der Waals surface area contributed by atoms with E-state index in [4.69, 9.17) is 20.5 Å². The number of allylic oxidation sites excluding steroid dienone is 1. The lowest BCUT2D eigenvalue weighted by atomic mass is 9.96. The van der Waals surface area contributed by atoms with Crippen molar-refractivity contribution in [3.63, 3.8) is 0 Å². The molecule has 0 heterocycles. The third-order valence-electron chi connectivity index (χ3n) is 5.17. The largest absolute Gasteiger partial charge is 0.483 e. The van der Waals surface area contributed by atoms with Crippen LogP contribution >= 0.6 is 11.6 Å². The van der Waals surface area contributed by atoms with Crippen molar-refractivity contribution in [3.05, 3.63) is 101 Å². The number of hydrogen-bond donors (Lipinski definition) is 0. The summed E-state index contributed by atoms with van der Waals surface area (Å²) in [6.07, 6.45) is 4.15. The van der Waals surface area contributed by atoms with Gasteiger partial charge in [-0.25, -0.2) is 4.39 Å². The number of benzene rings is 3. The van der Waals surface area contributed by atoms with Crippen LogP contribution in [0.2, 0.25) is 5.02 Å². The third kappa shape index (κ3) is 5.95. The van der Waals surface area contributed by atoms with E-state index >= 15 is 4.39 Å². The highest BCUT2D eigenvalue weighted by atomic mass is 35.5. The van der Waals surface area contributed by atoms with Gasteiger partial charge in [-0.05, 0) is 74.4 Å². The van der Waals surface area contributed by atoms with Crippen molar-refractivity contribution in [1.82, 2.24) is 0 Å². The van der Waals surface area contributed by atoms with Crippen LogP contribution in [0.5, 0.6) is 5.75 Å². The predicted molar refractivity (Wildman–Crippen MR) is 135 cm³/mol. The van der Waals surface area contributed by atoms with Gasteiger partial charge in [-0.2, -0.15) is 8.42 Å². The Morgan fingerprint density at radius 1 is 1.09 bits per heavy atom. The van der Waals surface area contributed by atoms with Crippen LogP contribution in [-0.4, -0.2) is 21.1 Å². The van der Waals surface area contributed by atoms with Crippen LogP contribution in [0.15, 0.2) is 78.2 Å². The molecular weight excluding hydrogens is 475 g/mol. The minimum atomic E-state index is -4.01. The second-order valence-corrected chi connectivity index (χ2v) is 9.80. The first-order valence-electron chi connectivity index (χ1n) is 10.6. The molecule has 0 saturated carbocycles. The Morgan fingerprint density at radius 2 is 1.79 bits per heavy atom.